The molecule has 1 aromatic rings. The van der Waals surface area contributed by atoms with E-state index in [9.17, 15) is 0 Å². The van der Waals surface area contributed by atoms with Crippen molar-refractivity contribution in [1.29, 1.82) is 0 Å². The molecule has 1 aliphatic heterocycles. The first kappa shape index (κ1) is 13.5. The number of hydrogen-bond donors (Lipinski definition) is 0. The van der Waals surface area contributed by atoms with Gasteiger partial charge in [0.25, 0.3) is 0 Å². The van der Waals surface area contributed by atoms with Gasteiger partial charge >= 0.3 is 0 Å². The summed E-state index contributed by atoms with van der Waals surface area (Å²) in [6, 6.07) is 0.602. The number of piperazine rings is 1. The van der Waals surface area contributed by atoms with Gasteiger partial charge in [-0.1, -0.05) is 0 Å². The second-order valence-corrected chi connectivity index (χ2v) is 5.14. The van der Waals surface area contributed by atoms with Crippen LogP contribution in [-0.4, -0.2) is 65.5 Å². The molecule has 0 N–H and O–H groups in total. The molecule has 18 heavy (non-hydrogen) atoms. The van der Waals surface area contributed by atoms with Crippen LogP contribution in [0.4, 0.5) is 0 Å². The third kappa shape index (κ3) is 3.54. The minimum atomic E-state index is 0.602. The van der Waals surface area contributed by atoms with E-state index in [1.54, 1.807) is 7.11 Å². The average Bonchev–Trinajstić information content (AvgIpc) is 2.74. The van der Waals surface area contributed by atoms with Gasteiger partial charge in [-0.3, -0.25) is 14.5 Å². The van der Waals surface area contributed by atoms with Gasteiger partial charge in [-0.25, -0.2) is 0 Å². The topological polar surface area (TPSA) is 33.5 Å². The summed E-state index contributed by atoms with van der Waals surface area (Å²) in [6.45, 7) is 8.55. The monoisotopic (exact) mass is 252 g/mol. The SMILES string of the molecule is COCCN1CCN(Cc2cnn(C)c2)C[C@H]1C. The van der Waals surface area contributed by atoms with Gasteiger partial charge in [0.1, 0.15) is 0 Å². The van der Waals surface area contributed by atoms with Crippen LogP contribution in [0.5, 0.6) is 0 Å². The van der Waals surface area contributed by atoms with Gasteiger partial charge in [0.05, 0.1) is 12.8 Å². The molecule has 0 amide bonds. The molecule has 1 aliphatic rings. The van der Waals surface area contributed by atoms with Gasteiger partial charge in [-0.2, -0.15) is 5.10 Å². The van der Waals surface area contributed by atoms with E-state index < -0.39 is 0 Å². The van der Waals surface area contributed by atoms with Crippen LogP contribution in [0.3, 0.4) is 0 Å². The summed E-state index contributed by atoms with van der Waals surface area (Å²) in [7, 11) is 3.73. The van der Waals surface area contributed by atoms with Gasteiger partial charge in [0.15, 0.2) is 0 Å². The van der Waals surface area contributed by atoms with Gasteiger partial charge in [0.2, 0.25) is 0 Å². The lowest BCUT2D eigenvalue weighted by Crippen LogP contribution is -2.52. The molecule has 0 bridgehead atoms. The van der Waals surface area contributed by atoms with Gasteiger partial charge in [-0.05, 0) is 6.92 Å². The predicted molar refractivity (Wildman–Crippen MR) is 71.4 cm³/mol. The lowest BCUT2D eigenvalue weighted by atomic mass is 10.2. The molecule has 2 rings (SSSR count). The normalized spacial score (nSPS) is 22.5. The van der Waals surface area contributed by atoms with Crippen LogP contribution in [-0.2, 0) is 18.3 Å². The fourth-order valence-corrected chi connectivity index (χ4v) is 2.57. The minimum absolute atomic E-state index is 0.602. The van der Waals surface area contributed by atoms with Crippen molar-refractivity contribution in [1.82, 2.24) is 19.6 Å². The molecular weight excluding hydrogens is 228 g/mol. The molecule has 5 heteroatoms. The second-order valence-electron chi connectivity index (χ2n) is 5.14. The first-order valence-electron chi connectivity index (χ1n) is 6.62. The molecule has 0 aliphatic carbocycles. The molecule has 5 nitrogen and oxygen atoms in total. The van der Waals surface area contributed by atoms with Gasteiger partial charge in [0, 0.05) is 64.7 Å². The molecule has 102 valence electrons. The number of ether oxygens (including phenoxy) is 1. The van der Waals surface area contributed by atoms with Crippen molar-refractivity contribution in [3.8, 4) is 0 Å². The quantitative estimate of drug-likeness (QED) is 0.767. The molecule has 0 spiro atoms. The Balaban J connectivity index is 1.80. The van der Waals surface area contributed by atoms with Crippen molar-refractivity contribution in [3.63, 3.8) is 0 Å². The van der Waals surface area contributed by atoms with E-state index in [0.717, 1.165) is 39.3 Å². The largest absolute Gasteiger partial charge is 0.383 e. The third-order valence-electron chi connectivity index (χ3n) is 3.60. The fourth-order valence-electron chi connectivity index (χ4n) is 2.57. The van der Waals surface area contributed by atoms with Crippen LogP contribution in [0.1, 0.15) is 12.5 Å². The van der Waals surface area contributed by atoms with Crippen LogP contribution in [0.2, 0.25) is 0 Å². The Bertz CT molecular complexity index is 366. The van der Waals surface area contributed by atoms with Crippen LogP contribution >= 0.6 is 0 Å². The zero-order chi connectivity index (χ0) is 13.0. The standard InChI is InChI=1S/C13H24N4O/c1-12-9-16(4-5-17(12)6-7-18-3)11-13-8-14-15(2)10-13/h8,10,12H,4-7,9,11H2,1-3H3/t12-/m1/s1. The van der Waals surface area contributed by atoms with E-state index in [0.29, 0.717) is 6.04 Å². The van der Waals surface area contributed by atoms with Crippen LogP contribution in [0.15, 0.2) is 12.4 Å². The zero-order valence-corrected chi connectivity index (χ0v) is 11.7. The summed E-state index contributed by atoms with van der Waals surface area (Å²) in [5.74, 6) is 0. The van der Waals surface area contributed by atoms with Crippen LogP contribution < -0.4 is 0 Å². The zero-order valence-electron chi connectivity index (χ0n) is 11.7. The number of hydrogen-bond acceptors (Lipinski definition) is 4. The maximum Gasteiger partial charge on any atom is 0.0589 e. The lowest BCUT2D eigenvalue weighted by Gasteiger charge is -2.39. The highest BCUT2D eigenvalue weighted by Gasteiger charge is 2.23. The first-order chi connectivity index (χ1) is 8.69. The van der Waals surface area contributed by atoms with Crippen LogP contribution in [0.25, 0.3) is 0 Å². The van der Waals surface area contributed by atoms with Gasteiger partial charge < -0.3 is 4.74 Å². The minimum Gasteiger partial charge on any atom is -0.383 e. The van der Waals surface area contributed by atoms with E-state index in [1.165, 1.54) is 5.56 Å². The smallest absolute Gasteiger partial charge is 0.0589 e. The second kappa shape index (κ2) is 6.31. The van der Waals surface area contributed by atoms with Crippen molar-refractivity contribution < 1.29 is 4.74 Å². The molecule has 0 unspecified atom stereocenters. The Labute approximate surface area is 109 Å². The Hall–Kier alpha value is -0.910. The van der Waals surface area contributed by atoms with E-state index >= 15 is 0 Å². The van der Waals surface area contributed by atoms with Crippen molar-refractivity contribution >= 4 is 0 Å². The van der Waals surface area contributed by atoms with Crippen LogP contribution in [0, 0.1) is 0 Å². The number of aromatic nitrogens is 2. The van der Waals surface area contributed by atoms with Crippen molar-refractivity contribution in [2.24, 2.45) is 7.05 Å². The number of nitrogens with zero attached hydrogens (tertiary/aromatic N) is 4. The maximum absolute atomic E-state index is 5.15. The molecule has 0 aromatic carbocycles. The average molecular weight is 252 g/mol. The summed E-state index contributed by atoms with van der Waals surface area (Å²) in [4.78, 5) is 5.01. The molecule has 1 atom stereocenters. The molecule has 0 saturated carbocycles. The molecule has 1 aromatic heterocycles. The van der Waals surface area contributed by atoms with E-state index in [2.05, 4.69) is 28.0 Å². The molecule has 1 fully saturated rings. The number of rotatable bonds is 5. The molecule has 2 heterocycles. The summed E-state index contributed by atoms with van der Waals surface area (Å²) >= 11 is 0. The Morgan fingerprint density at radius 3 is 2.89 bits per heavy atom. The Morgan fingerprint density at radius 2 is 2.28 bits per heavy atom. The molecular formula is C13H24N4O. The number of methoxy groups -OCH3 is 1. The highest BCUT2D eigenvalue weighted by molar-refractivity contribution is 5.03. The summed E-state index contributed by atoms with van der Waals surface area (Å²) in [5, 5.41) is 4.22. The van der Waals surface area contributed by atoms with E-state index in [-0.39, 0.29) is 0 Å². The number of aryl methyl sites for hydroxylation is 1. The highest BCUT2D eigenvalue weighted by atomic mass is 16.5. The molecule has 1 saturated heterocycles. The Morgan fingerprint density at radius 1 is 1.44 bits per heavy atom. The Kier molecular flexibility index (Phi) is 4.74. The molecule has 0 radical (unpaired) electrons. The van der Waals surface area contributed by atoms with Gasteiger partial charge in [-0.15, -0.1) is 0 Å². The summed E-state index contributed by atoms with van der Waals surface area (Å²) in [6.07, 6.45) is 4.06. The van der Waals surface area contributed by atoms with E-state index in [4.69, 9.17) is 4.74 Å². The third-order valence-corrected chi connectivity index (χ3v) is 3.60. The highest BCUT2D eigenvalue weighted by Crippen LogP contribution is 2.12. The maximum atomic E-state index is 5.15. The lowest BCUT2D eigenvalue weighted by molar-refractivity contribution is 0.0557. The van der Waals surface area contributed by atoms with E-state index in [1.807, 2.05) is 17.9 Å². The predicted octanol–water partition coefficient (Wildman–Crippen LogP) is 0.573. The first-order valence-corrected chi connectivity index (χ1v) is 6.62. The fraction of sp³-hybridized carbons (Fsp3) is 0.769. The van der Waals surface area contributed by atoms with Crippen molar-refractivity contribution in [2.75, 3.05) is 39.9 Å². The summed E-state index contributed by atoms with van der Waals surface area (Å²) in [5.41, 5.74) is 1.30. The van der Waals surface area contributed by atoms with Crippen molar-refractivity contribution in [2.45, 2.75) is 19.5 Å². The van der Waals surface area contributed by atoms with Crippen molar-refractivity contribution in [3.05, 3.63) is 18.0 Å². The summed E-state index contributed by atoms with van der Waals surface area (Å²) < 4.78 is 7.02.